The molecule has 1 atom stereocenters. The highest BCUT2D eigenvalue weighted by molar-refractivity contribution is 6.36. The van der Waals surface area contributed by atoms with Gasteiger partial charge in [-0.25, -0.2) is 0 Å². The van der Waals surface area contributed by atoms with Gasteiger partial charge in [-0.2, -0.15) is 0 Å². The maximum absolute atomic E-state index is 11.9. The van der Waals surface area contributed by atoms with Crippen LogP contribution in [0.25, 0.3) is 0 Å². The van der Waals surface area contributed by atoms with E-state index in [1.54, 1.807) is 18.2 Å². The zero-order valence-electron chi connectivity index (χ0n) is 9.96. The minimum Gasteiger partial charge on any atom is -0.352 e. The first-order chi connectivity index (χ1) is 8.61. The van der Waals surface area contributed by atoms with Crippen molar-refractivity contribution >= 4 is 29.1 Å². The maximum atomic E-state index is 11.9. The molecule has 0 aromatic heterocycles. The predicted molar refractivity (Wildman–Crippen MR) is 73.9 cm³/mol. The molecule has 1 aromatic rings. The minimum atomic E-state index is -0.0765. The number of hydrogen-bond donors (Lipinski definition) is 2. The van der Waals surface area contributed by atoms with Gasteiger partial charge in [0.1, 0.15) is 0 Å². The Morgan fingerprint density at radius 1 is 1.39 bits per heavy atom. The number of nitrogens with one attached hydrogen (secondary N) is 1. The Morgan fingerprint density at radius 2 is 2.00 bits per heavy atom. The minimum absolute atomic E-state index is 0.0765. The summed E-state index contributed by atoms with van der Waals surface area (Å²) in [6.07, 6.45) is 2.49. The number of carbonyl (C=O) groups is 1. The van der Waals surface area contributed by atoms with Gasteiger partial charge in [-0.1, -0.05) is 29.3 Å². The fourth-order valence-corrected chi connectivity index (χ4v) is 2.52. The van der Waals surface area contributed by atoms with Gasteiger partial charge in [-0.3, -0.25) is 4.79 Å². The van der Waals surface area contributed by atoms with Crippen molar-refractivity contribution in [2.45, 2.75) is 25.3 Å². The Labute approximate surface area is 117 Å². The highest BCUT2D eigenvalue weighted by atomic mass is 35.5. The SMILES string of the molecule is NCC(NC(=O)Cc1c(Cl)cccc1Cl)C1CC1. The van der Waals surface area contributed by atoms with Gasteiger partial charge < -0.3 is 11.1 Å². The van der Waals surface area contributed by atoms with Gasteiger partial charge in [0.15, 0.2) is 0 Å². The van der Waals surface area contributed by atoms with E-state index in [0.717, 1.165) is 12.8 Å². The van der Waals surface area contributed by atoms with Crippen LogP contribution in [0.4, 0.5) is 0 Å². The summed E-state index contributed by atoms with van der Waals surface area (Å²) in [6, 6.07) is 5.31. The highest BCUT2D eigenvalue weighted by Crippen LogP contribution is 2.32. The van der Waals surface area contributed by atoms with Crippen LogP contribution in [-0.4, -0.2) is 18.5 Å². The Morgan fingerprint density at radius 3 is 2.50 bits per heavy atom. The Balaban J connectivity index is 1.98. The Kier molecular flexibility index (Phi) is 4.49. The molecule has 2 rings (SSSR count). The summed E-state index contributed by atoms with van der Waals surface area (Å²) in [6.45, 7) is 0.479. The summed E-state index contributed by atoms with van der Waals surface area (Å²) in [5, 5.41) is 3.99. The predicted octanol–water partition coefficient (Wildman–Crippen LogP) is 2.39. The van der Waals surface area contributed by atoms with Gasteiger partial charge in [0.25, 0.3) is 0 Å². The fourth-order valence-electron chi connectivity index (χ4n) is 1.99. The van der Waals surface area contributed by atoms with Crippen LogP contribution >= 0.6 is 23.2 Å². The van der Waals surface area contributed by atoms with E-state index in [1.807, 2.05) is 0 Å². The number of hydrogen-bond acceptors (Lipinski definition) is 2. The van der Waals surface area contributed by atoms with Crippen molar-refractivity contribution < 1.29 is 4.79 Å². The van der Waals surface area contributed by atoms with E-state index in [0.29, 0.717) is 28.1 Å². The van der Waals surface area contributed by atoms with Crippen LogP contribution < -0.4 is 11.1 Å². The third-order valence-corrected chi connectivity index (χ3v) is 3.90. The summed E-state index contributed by atoms with van der Waals surface area (Å²) in [5.74, 6) is 0.466. The van der Waals surface area contributed by atoms with Crippen LogP contribution in [-0.2, 0) is 11.2 Å². The highest BCUT2D eigenvalue weighted by Gasteiger charge is 2.31. The van der Waals surface area contributed by atoms with Gasteiger partial charge in [0.05, 0.1) is 6.42 Å². The van der Waals surface area contributed by atoms with Crippen LogP contribution in [0.1, 0.15) is 18.4 Å². The van der Waals surface area contributed by atoms with Crippen LogP contribution in [0.15, 0.2) is 18.2 Å². The van der Waals surface area contributed by atoms with Crippen molar-refractivity contribution in [3.63, 3.8) is 0 Å². The number of carbonyl (C=O) groups excluding carboxylic acids is 1. The first-order valence-corrected chi connectivity index (χ1v) is 6.79. The lowest BCUT2D eigenvalue weighted by Gasteiger charge is -2.16. The van der Waals surface area contributed by atoms with Crippen molar-refractivity contribution in [3.8, 4) is 0 Å². The molecule has 1 saturated carbocycles. The third-order valence-electron chi connectivity index (χ3n) is 3.19. The second-order valence-corrected chi connectivity index (χ2v) is 5.44. The molecule has 3 N–H and O–H groups in total. The zero-order chi connectivity index (χ0) is 13.1. The molecule has 3 nitrogen and oxygen atoms in total. The summed E-state index contributed by atoms with van der Waals surface area (Å²) < 4.78 is 0. The molecule has 0 spiro atoms. The molecule has 1 aliphatic rings. The van der Waals surface area contributed by atoms with Crippen LogP contribution in [0.3, 0.4) is 0 Å². The molecule has 98 valence electrons. The van der Waals surface area contributed by atoms with E-state index < -0.39 is 0 Å². The summed E-state index contributed by atoms with van der Waals surface area (Å²) in [5.41, 5.74) is 6.32. The molecular weight excluding hydrogens is 271 g/mol. The van der Waals surface area contributed by atoms with E-state index in [2.05, 4.69) is 5.32 Å². The van der Waals surface area contributed by atoms with Gasteiger partial charge in [-0.15, -0.1) is 0 Å². The van der Waals surface area contributed by atoms with Gasteiger partial charge in [0.2, 0.25) is 5.91 Å². The van der Waals surface area contributed by atoms with Gasteiger partial charge >= 0.3 is 0 Å². The second-order valence-electron chi connectivity index (χ2n) is 4.62. The van der Waals surface area contributed by atoms with E-state index in [9.17, 15) is 4.79 Å². The number of nitrogens with two attached hydrogens (primary N) is 1. The van der Waals surface area contributed by atoms with E-state index in [4.69, 9.17) is 28.9 Å². The summed E-state index contributed by atoms with van der Waals surface area (Å²) in [7, 11) is 0. The molecule has 0 saturated heterocycles. The van der Waals surface area contributed by atoms with Crippen molar-refractivity contribution in [1.82, 2.24) is 5.32 Å². The Bertz CT molecular complexity index is 426. The van der Waals surface area contributed by atoms with Gasteiger partial charge in [-0.05, 0) is 36.5 Å². The lowest BCUT2D eigenvalue weighted by atomic mass is 10.1. The van der Waals surface area contributed by atoms with E-state index in [-0.39, 0.29) is 18.4 Å². The average molecular weight is 287 g/mol. The zero-order valence-corrected chi connectivity index (χ0v) is 11.5. The molecule has 1 amide bonds. The molecular formula is C13H16Cl2N2O. The smallest absolute Gasteiger partial charge is 0.224 e. The number of amides is 1. The lowest BCUT2D eigenvalue weighted by Crippen LogP contribution is -2.42. The van der Waals surface area contributed by atoms with Crippen LogP contribution in [0.5, 0.6) is 0 Å². The quantitative estimate of drug-likeness (QED) is 0.873. The molecule has 1 aromatic carbocycles. The van der Waals surface area contributed by atoms with E-state index in [1.165, 1.54) is 0 Å². The fraction of sp³-hybridized carbons (Fsp3) is 0.462. The van der Waals surface area contributed by atoms with Crippen molar-refractivity contribution in [2.75, 3.05) is 6.54 Å². The molecule has 1 unspecified atom stereocenters. The van der Waals surface area contributed by atoms with Gasteiger partial charge in [0, 0.05) is 22.6 Å². The standard InChI is InChI=1S/C13H16Cl2N2O/c14-10-2-1-3-11(15)9(10)6-13(18)17-12(7-16)8-4-5-8/h1-3,8,12H,4-7,16H2,(H,17,18). The third kappa shape index (κ3) is 3.37. The number of halogens is 2. The van der Waals surface area contributed by atoms with Crippen LogP contribution in [0, 0.1) is 5.92 Å². The average Bonchev–Trinajstić information content (AvgIpc) is 3.15. The number of benzene rings is 1. The second kappa shape index (κ2) is 5.91. The molecule has 1 fully saturated rings. The molecule has 0 bridgehead atoms. The topological polar surface area (TPSA) is 55.1 Å². The summed E-state index contributed by atoms with van der Waals surface area (Å²) >= 11 is 12.1. The van der Waals surface area contributed by atoms with Crippen molar-refractivity contribution in [1.29, 1.82) is 0 Å². The van der Waals surface area contributed by atoms with Crippen molar-refractivity contribution in [3.05, 3.63) is 33.8 Å². The first kappa shape index (κ1) is 13.7. The van der Waals surface area contributed by atoms with Crippen molar-refractivity contribution in [2.24, 2.45) is 11.7 Å². The normalized spacial score (nSPS) is 16.4. The Hall–Kier alpha value is -0.770. The van der Waals surface area contributed by atoms with Crippen LogP contribution in [0.2, 0.25) is 10.0 Å². The molecule has 0 aliphatic heterocycles. The monoisotopic (exact) mass is 286 g/mol. The van der Waals surface area contributed by atoms with E-state index >= 15 is 0 Å². The molecule has 5 heteroatoms. The molecule has 0 radical (unpaired) electrons. The summed E-state index contributed by atoms with van der Waals surface area (Å²) in [4.78, 5) is 11.9. The maximum Gasteiger partial charge on any atom is 0.224 e. The molecule has 0 heterocycles. The number of rotatable bonds is 5. The first-order valence-electron chi connectivity index (χ1n) is 6.04. The largest absolute Gasteiger partial charge is 0.352 e. The molecule has 18 heavy (non-hydrogen) atoms. The lowest BCUT2D eigenvalue weighted by molar-refractivity contribution is -0.121. The molecule has 1 aliphatic carbocycles.